The predicted molar refractivity (Wildman–Crippen MR) is 119 cm³/mol. The average Bonchev–Trinajstić information content (AvgIpc) is 3.16. The maximum atomic E-state index is 13.3. The van der Waals surface area contributed by atoms with Crippen molar-refractivity contribution >= 4 is 28.4 Å². The van der Waals surface area contributed by atoms with Crippen molar-refractivity contribution in [3.05, 3.63) is 55.0 Å². The van der Waals surface area contributed by atoms with Crippen LogP contribution in [-0.2, 0) is 4.79 Å². The number of anilines is 2. The van der Waals surface area contributed by atoms with Crippen LogP contribution < -0.4 is 15.0 Å². The summed E-state index contributed by atoms with van der Waals surface area (Å²) in [5.41, 5.74) is 2.22. The van der Waals surface area contributed by atoms with Crippen molar-refractivity contribution in [2.75, 3.05) is 30.4 Å². The highest BCUT2D eigenvalue weighted by Gasteiger charge is 2.41. The Hall–Kier alpha value is -3.35. The molecule has 1 amide bonds. The molecule has 0 radical (unpaired) electrons. The minimum Gasteiger partial charge on any atom is -0.497 e. The Labute approximate surface area is 176 Å². The van der Waals surface area contributed by atoms with Crippen molar-refractivity contribution in [1.82, 2.24) is 15.0 Å². The molecular weight excluding hydrogens is 378 g/mol. The van der Waals surface area contributed by atoms with E-state index in [0.29, 0.717) is 6.42 Å². The third-order valence-corrected chi connectivity index (χ3v) is 6.01. The van der Waals surface area contributed by atoms with Crippen LogP contribution in [0, 0.1) is 12.3 Å². The summed E-state index contributed by atoms with van der Waals surface area (Å²) in [6.07, 6.45) is 7.48. The zero-order chi connectivity index (χ0) is 21.1. The molecular formula is C23H27N5O2. The zero-order valence-electron chi connectivity index (χ0n) is 17.4. The van der Waals surface area contributed by atoms with E-state index in [9.17, 15) is 4.79 Å². The van der Waals surface area contributed by atoms with Gasteiger partial charge in [-0.15, -0.1) is 6.58 Å². The van der Waals surface area contributed by atoms with Gasteiger partial charge in [-0.05, 0) is 43.9 Å². The maximum absolute atomic E-state index is 13.3. The molecule has 0 saturated carbocycles. The summed E-state index contributed by atoms with van der Waals surface area (Å²) in [6.45, 7) is 7.45. The molecule has 0 aliphatic carbocycles. The molecule has 7 nitrogen and oxygen atoms in total. The smallest absolute Gasteiger partial charge is 0.231 e. The topological polar surface area (TPSA) is 83.1 Å². The fourth-order valence-corrected chi connectivity index (χ4v) is 4.25. The van der Waals surface area contributed by atoms with Gasteiger partial charge in [0.1, 0.15) is 23.5 Å². The lowest BCUT2D eigenvalue weighted by atomic mass is 9.74. The number of fused-ring (bicyclic) bond motifs is 1. The van der Waals surface area contributed by atoms with Gasteiger partial charge in [0.05, 0.1) is 17.9 Å². The Morgan fingerprint density at radius 3 is 2.90 bits per heavy atom. The van der Waals surface area contributed by atoms with Crippen molar-refractivity contribution < 1.29 is 9.53 Å². The van der Waals surface area contributed by atoms with E-state index >= 15 is 0 Å². The number of rotatable bonds is 6. The van der Waals surface area contributed by atoms with E-state index in [4.69, 9.17) is 4.74 Å². The van der Waals surface area contributed by atoms with E-state index in [-0.39, 0.29) is 5.91 Å². The van der Waals surface area contributed by atoms with Crippen LogP contribution >= 0.6 is 0 Å². The van der Waals surface area contributed by atoms with Crippen LogP contribution in [0.1, 0.15) is 24.8 Å². The summed E-state index contributed by atoms with van der Waals surface area (Å²) in [5.74, 6) is 1.68. The highest BCUT2D eigenvalue weighted by molar-refractivity contribution is 5.96. The lowest BCUT2D eigenvalue weighted by Gasteiger charge is -2.40. The second kappa shape index (κ2) is 8.18. The molecule has 0 atom stereocenters. The Morgan fingerprint density at radius 2 is 2.17 bits per heavy atom. The number of ether oxygens (including phenoxy) is 1. The largest absolute Gasteiger partial charge is 0.497 e. The van der Waals surface area contributed by atoms with Gasteiger partial charge >= 0.3 is 0 Å². The van der Waals surface area contributed by atoms with Gasteiger partial charge in [-0.3, -0.25) is 4.79 Å². The average molecular weight is 406 g/mol. The molecule has 4 rings (SSSR count). The second-order valence-electron chi connectivity index (χ2n) is 7.84. The third-order valence-electron chi connectivity index (χ3n) is 6.01. The number of aryl methyl sites for hydroxylation is 1. The van der Waals surface area contributed by atoms with Crippen LogP contribution in [0.4, 0.5) is 11.5 Å². The highest BCUT2D eigenvalue weighted by Crippen LogP contribution is 2.39. The summed E-state index contributed by atoms with van der Waals surface area (Å²) in [5, 5.41) is 4.14. The van der Waals surface area contributed by atoms with Gasteiger partial charge in [0.2, 0.25) is 5.91 Å². The number of carbonyl (C=O) groups is 1. The van der Waals surface area contributed by atoms with Gasteiger partial charge in [0, 0.05) is 31.0 Å². The molecule has 1 fully saturated rings. The van der Waals surface area contributed by atoms with E-state index in [0.717, 1.165) is 59.8 Å². The number of allylic oxidation sites excluding steroid dienone is 1. The van der Waals surface area contributed by atoms with Crippen LogP contribution in [0.3, 0.4) is 0 Å². The number of hydrogen-bond acceptors (Lipinski definition) is 5. The summed E-state index contributed by atoms with van der Waals surface area (Å²) in [7, 11) is 1.62. The molecule has 3 heterocycles. The fourth-order valence-electron chi connectivity index (χ4n) is 4.25. The van der Waals surface area contributed by atoms with Gasteiger partial charge < -0.3 is 19.9 Å². The standard InChI is InChI=1S/C23H27N5O2/c1-4-8-23(22(29)27-17-6-5-7-18(13-17)30-3)9-11-28(12-10-23)21-19-16(2)14-24-20(19)25-15-26-21/h4-7,13-15H,1,8-12H2,2-3H3,(H,27,29)(H,24,25,26). The molecule has 1 aliphatic heterocycles. The van der Waals surface area contributed by atoms with E-state index in [1.807, 2.05) is 36.5 Å². The number of nitrogens with one attached hydrogen (secondary N) is 2. The molecule has 0 unspecified atom stereocenters. The van der Waals surface area contributed by atoms with E-state index in [1.54, 1.807) is 13.4 Å². The summed E-state index contributed by atoms with van der Waals surface area (Å²) < 4.78 is 5.27. The van der Waals surface area contributed by atoms with Crippen LogP contribution in [0.25, 0.3) is 11.0 Å². The van der Waals surface area contributed by atoms with Crippen molar-refractivity contribution in [3.8, 4) is 5.75 Å². The lowest BCUT2D eigenvalue weighted by molar-refractivity contribution is -0.126. The quantitative estimate of drug-likeness (QED) is 0.604. The molecule has 1 aromatic carbocycles. The Balaban J connectivity index is 1.53. The first-order chi connectivity index (χ1) is 14.6. The van der Waals surface area contributed by atoms with Crippen LogP contribution in [0.2, 0.25) is 0 Å². The van der Waals surface area contributed by atoms with E-state index < -0.39 is 5.41 Å². The first-order valence-corrected chi connectivity index (χ1v) is 10.2. The molecule has 3 aromatic rings. The minimum absolute atomic E-state index is 0.0287. The molecule has 0 bridgehead atoms. The van der Waals surface area contributed by atoms with Gasteiger partial charge in [0.25, 0.3) is 0 Å². The monoisotopic (exact) mass is 405 g/mol. The summed E-state index contributed by atoms with van der Waals surface area (Å²) in [6, 6.07) is 7.44. The van der Waals surface area contributed by atoms with Crippen LogP contribution in [0.15, 0.2) is 49.4 Å². The van der Waals surface area contributed by atoms with Gasteiger partial charge in [-0.1, -0.05) is 12.1 Å². The Bertz CT molecular complexity index is 1070. The molecule has 156 valence electrons. The molecule has 30 heavy (non-hydrogen) atoms. The summed E-state index contributed by atoms with van der Waals surface area (Å²) >= 11 is 0. The number of benzene rings is 1. The molecule has 7 heteroatoms. The van der Waals surface area contributed by atoms with Gasteiger partial charge in [-0.25, -0.2) is 9.97 Å². The Kier molecular flexibility index (Phi) is 5.44. The van der Waals surface area contributed by atoms with Crippen LogP contribution in [-0.4, -0.2) is 41.1 Å². The number of hydrogen-bond donors (Lipinski definition) is 2. The second-order valence-corrected chi connectivity index (χ2v) is 7.84. The number of aromatic amines is 1. The summed E-state index contributed by atoms with van der Waals surface area (Å²) in [4.78, 5) is 27.6. The zero-order valence-corrected chi connectivity index (χ0v) is 17.4. The van der Waals surface area contributed by atoms with Crippen molar-refractivity contribution in [2.24, 2.45) is 5.41 Å². The Morgan fingerprint density at radius 1 is 1.37 bits per heavy atom. The molecule has 1 saturated heterocycles. The number of methoxy groups -OCH3 is 1. The third kappa shape index (κ3) is 3.63. The van der Waals surface area contributed by atoms with Gasteiger partial charge in [0.15, 0.2) is 0 Å². The molecule has 2 aromatic heterocycles. The number of H-pyrrole nitrogens is 1. The number of nitrogens with zero attached hydrogens (tertiary/aromatic N) is 3. The number of amides is 1. The number of carbonyl (C=O) groups excluding carboxylic acids is 1. The highest BCUT2D eigenvalue weighted by atomic mass is 16.5. The minimum atomic E-state index is -0.485. The molecule has 1 aliphatic rings. The lowest BCUT2D eigenvalue weighted by Crippen LogP contribution is -2.46. The normalized spacial score (nSPS) is 15.7. The maximum Gasteiger partial charge on any atom is 0.231 e. The van der Waals surface area contributed by atoms with Crippen LogP contribution in [0.5, 0.6) is 5.75 Å². The molecule has 0 spiro atoms. The SMILES string of the molecule is C=CCC1(C(=O)Nc2cccc(OC)c2)CCN(c2ncnc3[nH]cc(C)c23)CC1. The van der Waals surface area contributed by atoms with Gasteiger partial charge in [-0.2, -0.15) is 0 Å². The van der Waals surface area contributed by atoms with Crippen molar-refractivity contribution in [2.45, 2.75) is 26.2 Å². The fraction of sp³-hybridized carbons (Fsp3) is 0.348. The number of piperidine rings is 1. The van der Waals surface area contributed by atoms with Crippen molar-refractivity contribution in [1.29, 1.82) is 0 Å². The van der Waals surface area contributed by atoms with E-state index in [1.165, 1.54) is 0 Å². The first-order valence-electron chi connectivity index (χ1n) is 10.2. The number of aromatic nitrogens is 3. The first kappa shape index (κ1) is 19.9. The molecule has 2 N–H and O–H groups in total. The van der Waals surface area contributed by atoms with Crippen molar-refractivity contribution in [3.63, 3.8) is 0 Å². The van der Waals surface area contributed by atoms with E-state index in [2.05, 4.69) is 38.7 Å². The predicted octanol–water partition coefficient (Wildman–Crippen LogP) is 4.08.